The minimum atomic E-state index is -1.63. The molecule has 0 radical (unpaired) electrons. The number of aliphatic carboxylic acids is 3. The highest BCUT2D eigenvalue weighted by molar-refractivity contribution is 5.80. The molecular weight excluding hydrogens is 220 g/mol. The van der Waals surface area contributed by atoms with Crippen LogP contribution in [0.15, 0.2) is 0 Å². The highest BCUT2D eigenvalue weighted by Crippen LogP contribution is 2.09. The van der Waals surface area contributed by atoms with E-state index in [0.717, 1.165) is 0 Å². The Morgan fingerprint density at radius 1 is 1.06 bits per heavy atom. The van der Waals surface area contributed by atoms with Crippen LogP contribution in [0.1, 0.15) is 26.2 Å². The van der Waals surface area contributed by atoms with Crippen LogP contribution in [0.2, 0.25) is 0 Å². The van der Waals surface area contributed by atoms with E-state index in [1.54, 1.807) is 6.92 Å². The first-order chi connectivity index (χ1) is 7.38. The van der Waals surface area contributed by atoms with Crippen LogP contribution < -0.4 is 0 Å². The Bertz CT molecular complexity index is 273. The molecule has 0 amide bonds. The minimum Gasteiger partial charge on any atom is -0.481 e. The lowest BCUT2D eigenvalue weighted by molar-refractivity contribution is -0.170. The Balaban J connectivity index is 4.50. The summed E-state index contributed by atoms with van der Waals surface area (Å²) in [5, 5.41) is 25.8. The van der Waals surface area contributed by atoms with Gasteiger partial charge < -0.3 is 20.1 Å². The second kappa shape index (κ2) is 6.78. The van der Waals surface area contributed by atoms with Crippen LogP contribution in [-0.2, 0) is 19.1 Å². The third kappa shape index (κ3) is 5.30. The molecule has 0 saturated heterocycles. The van der Waals surface area contributed by atoms with E-state index in [-0.39, 0.29) is 6.42 Å². The maximum atomic E-state index is 10.7. The SMILES string of the molecule is CCCC(OC(CC(=O)O)C(=O)O)C(=O)O. The highest BCUT2D eigenvalue weighted by atomic mass is 16.5. The van der Waals surface area contributed by atoms with Crippen LogP contribution in [-0.4, -0.2) is 45.4 Å². The molecule has 2 unspecified atom stereocenters. The van der Waals surface area contributed by atoms with Gasteiger partial charge in [0.2, 0.25) is 0 Å². The normalized spacial score (nSPS) is 14.1. The fourth-order valence-electron chi connectivity index (χ4n) is 1.06. The van der Waals surface area contributed by atoms with Gasteiger partial charge in [0.05, 0.1) is 6.42 Å². The third-order valence-corrected chi connectivity index (χ3v) is 1.79. The van der Waals surface area contributed by atoms with Crippen LogP contribution in [0.3, 0.4) is 0 Å². The maximum Gasteiger partial charge on any atom is 0.333 e. The number of hydrogen-bond donors (Lipinski definition) is 3. The van der Waals surface area contributed by atoms with Crippen LogP contribution >= 0.6 is 0 Å². The van der Waals surface area contributed by atoms with E-state index in [1.807, 2.05) is 0 Å². The Labute approximate surface area is 91.6 Å². The van der Waals surface area contributed by atoms with Gasteiger partial charge in [0.15, 0.2) is 12.2 Å². The van der Waals surface area contributed by atoms with Gasteiger partial charge in [-0.25, -0.2) is 9.59 Å². The minimum absolute atomic E-state index is 0.138. The Hall–Kier alpha value is -1.63. The van der Waals surface area contributed by atoms with Crippen molar-refractivity contribution in [2.45, 2.75) is 38.4 Å². The molecule has 0 saturated carbocycles. The Morgan fingerprint density at radius 2 is 1.56 bits per heavy atom. The van der Waals surface area contributed by atoms with Crippen molar-refractivity contribution in [2.24, 2.45) is 0 Å². The first-order valence-corrected chi connectivity index (χ1v) is 4.71. The lowest BCUT2D eigenvalue weighted by Crippen LogP contribution is -2.35. The molecule has 2 atom stereocenters. The molecule has 0 aliphatic heterocycles. The summed E-state index contributed by atoms with van der Waals surface area (Å²) in [7, 11) is 0. The zero-order valence-corrected chi connectivity index (χ0v) is 8.75. The molecule has 0 fully saturated rings. The molecule has 0 bridgehead atoms. The maximum absolute atomic E-state index is 10.7. The summed E-state index contributed by atoms with van der Waals surface area (Å²) in [6.07, 6.45) is -3.05. The number of carboxylic acids is 3. The van der Waals surface area contributed by atoms with Gasteiger partial charge in [0.1, 0.15) is 0 Å². The molecule has 0 aromatic heterocycles. The molecule has 0 aliphatic carbocycles. The highest BCUT2D eigenvalue weighted by Gasteiger charge is 2.28. The Kier molecular flexibility index (Phi) is 6.09. The van der Waals surface area contributed by atoms with E-state index in [2.05, 4.69) is 0 Å². The number of ether oxygens (including phenoxy) is 1. The molecule has 0 rings (SSSR count). The molecule has 0 heterocycles. The van der Waals surface area contributed by atoms with E-state index in [4.69, 9.17) is 20.1 Å². The quantitative estimate of drug-likeness (QED) is 0.547. The molecule has 7 heteroatoms. The molecule has 3 N–H and O–H groups in total. The van der Waals surface area contributed by atoms with Crippen molar-refractivity contribution in [2.75, 3.05) is 0 Å². The molecule has 0 aliphatic rings. The van der Waals surface area contributed by atoms with Crippen LogP contribution in [0, 0.1) is 0 Å². The van der Waals surface area contributed by atoms with E-state index in [1.165, 1.54) is 0 Å². The van der Waals surface area contributed by atoms with E-state index in [9.17, 15) is 14.4 Å². The van der Waals surface area contributed by atoms with Gasteiger partial charge in [-0.3, -0.25) is 4.79 Å². The zero-order valence-electron chi connectivity index (χ0n) is 8.75. The van der Waals surface area contributed by atoms with Gasteiger partial charge in [0, 0.05) is 0 Å². The van der Waals surface area contributed by atoms with Crippen molar-refractivity contribution in [1.82, 2.24) is 0 Å². The van der Waals surface area contributed by atoms with Gasteiger partial charge in [-0.15, -0.1) is 0 Å². The molecule has 16 heavy (non-hydrogen) atoms. The Morgan fingerprint density at radius 3 is 1.88 bits per heavy atom. The fraction of sp³-hybridized carbons (Fsp3) is 0.667. The van der Waals surface area contributed by atoms with Crippen molar-refractivity contribution in [3.8, 4) is 0 Å². The summed E-state index contributed by atoms with van der Waals surface area (Å²) >= 11 is 0. The van der Waals surface area contributed by atoms with Gasteiger partial charge >= 0.3 is 17.9 Å². The van der Waals surface area contributed by atoms with Gasteiger partial charge in [0.25, 0.3) is 0 Å². The predicted octanol–water partition coefficient (Wildman–Crippen LogP) is 0.184. The summed E-state index contributed by atoms with van der Waals surface area (Å²) in [5.74, 6) is -4.13. The first kappa shape index (κ1) is 14.4. The van der Waals surface area contributed by atoms with Gasteiger partial charge in [-0.1, -0.05) is 13.3 Å². The van der Waals surface area contributed by atoms with Crippen molar-refractivity contribution >= 4 is 17.9 Å². The largest absolute Gasteiger partial charge is 0.481 e. The van der Waals surface area contributed by atoms with Crippen molar-refractivity contribution < 1.29 is 34.4 Å². The molecule has 92 valence electrons. The van der Waals surface area contributed by atoms with E-state index >= 15 is 0 Å². The predicted molar refractivity (Wildman–Crippen MR) is 51.1 cm³/mol. The van der Waals surface area contributed by atoms with Crippen molar-refractivity contribution in [3.05, 3.63) is 0 Å². The first-order valence-electron chi connectivity index (χ1n) is 4.71. The van der Waals surface area contributed by atoms with Crippen molar-refractivity contribution in [3.63, 3.8) is 0 Å². The molecule has 7 nitrogen and oxygen atoms in total. The van der Waals surface area contributed by atoms with Crippen LogP contribution in [0.25, 0.3) is 0 Å². The van der Waals surface area contributed by atoms with Gasteiger partial charge in [-0.05, 0) is 6.42 Å². The number of rotatable bonds is 8. The van der Waals surface area contributed by atoms with E-state index < -0.39 is 36.5 Å². The van der Waals surface area contributed by atoms with Crippen molar-refractivity contribution in [1.29, 1.82) is 0 Å². The van der Waals surface area contributed by atoms with Gasteiger partial charge in [-0.2, -0.15) is 0 Å². The number of carbonyl (C=O) groups is 3. The lowest BCUT2D eigenvalue weighted by atomic mass is 10.2. The summed E-state index contributed by atoms with van der Waals surface area (Å²) in [4.78, 5) is 31.6. The molecule has 0 spiro atoms. The number of hydrogen-bond acceptors (Lipinski definition) is 4. The number of carboxylic acid groups (broad SMARTS) is 3. The zero-order chi connectivity index (χ0) is 12.7. The second-order valence-corrected chi connectivity index (χ2v) is 3.18. The average molecular weight is 234 g/mol. The molecule has 0 aromatic rings. The van der Waals surface area contributed by atoms with E-state index in [0.29, 0.717) is 6.42 Å². The summed E-state index contributed by atoms with van der Waals surface area (Å²) in [5.41, 5.74) is 0. The van der Waals surface area contributed by atoms with Crippen LogP contribution in [0.4, 0.5) is 0 Å². The summed E-state index contributed by atoms with van der Waals surface area (Å²) in [6, 6.07) is 0. The monoisotopic (exact) mass is 234 g/mol. The second-order valence-electron chi connectivity index (χ2n) is 3.18. The average Bonchev–Trinajstić information content (AvgIpc) is 2.14. The smallest absolute Gasteiger partial charge is 0.333 e. The lowest BCUT2D eigenvalue weighted by Gasteiger charge is -2.17. The fourth-order valence-corrected chi connectivity index (χ4v) is 1.06. The third-order valence-electron chi connectivity index (χ3n) is 1.79. The topological polar surface area (TPSA) is 121 Å². The van der Waals surface area contributed by atoms with Crippen LogP contribution in [0.5, 0.6) is 0 Å². The standard InChI is InChI=1S/C9H14O7/c1-2-3-5(8(12)13)16-6(9(14)15)4-7(10)11/h5-6H,2-4H2,1H3,(H,10,11)(H,12,13)(H,14,15). The summed E-state index contributed by atoms with van der Waals surface area (Å²) in [6.45, 7) is 1.71. The molecule has 0 aromatic carbocycles. The molecular formula is C9H14O7. The summed E-state index contributed by atoms with van der Waals surface area (Å²) < 4.78 is 4.74.